The Balaban J connectivity index is 1.93. The Bertz CT molecular complexity index is 578. The number of aliphatic hydroxyl groups excluding tert-OH is 1. The fraction of sp³-hybridized carbons (Fsp3) is 0.357. The third-order valence-corrected chi connectivity index (χ3v) is 3.68. The van der Waals surface area contributed by atoms with Gasteiger partial charge in [-0.05, 0) is 18.1 Å². The van der Waals surface area contributed by atoms with E-state index in [9.17, 15) is 4.79 Å². The Hall–Kier alpha value is -1.79. The molecule has 0 aliphatic carbocycles. The number of thiazole rings is 1. The molecule has 106 valence electrons. The molecule has 0 atom stereocenters. The number of pyridine rings is 1. The summed E-state index contributed by atoms with van der Waals surface area (Å²) >= 11 is 1.55. The number of hydrogen-bond donors (Lipinski definition) is 2. The Morgan fingerprint density at radius 1 is 1.45 bits per heavy atom. The predicted octanol–water partition coefficient (Wildman–Crippen LogP) is 2.08. The molecule has 6 heteroatoms. The number of aliphatic hydroxyl groups is 1. The predicted molar refractivity (Wildman–Crippen MR) is 77.5 cm³/mol. The van der Waals surface area contributed by atoms with Crippen LogP contribution in [0.2, 0.25) is 0 Å². The second-order valence-electron chi connectivity index (χ2n) is 4.70. The standard InChI is InChI=1S/C14H17N3O2S/c1-9(2)12-8-20-13(17-12)6-16-14(19)10-3-4-11(7-18)15-5-10/h3-5,8-9,18H,6-7H2,1-2H3,(H,16,19). The SMILES string of the molecule is CC(C)c1csc(CNC(=O)c2ccc(CO)nc2)n1. The van der Waals surface area contributed by atoms with Crippen LogP contribution in [0.1, 0.15) is 46.5 Å². The highest BCUT2D eigenvalue weighted by molar-refractivity contribution is 7.09. The molecule has 0 unspecified atom stereocenters. The number of nitrogens with zero attached hydrogens (tertiary/aromatic N) is 2. The normalized spacial score (nSPS) is 10.8. The van der Waals surface area contributed by atoms with Gasteiger partial charge in [-0.1, -0.05) is 13.8 Å². The lowest BCUT2D eigenvalue weighted by Crippen LogP contribution is -2.23. The van der Waals surface area contributed by atoms with Gasteiger partial charge in [-0.3, -0.25) is 9.78 Å². The molecule has 2 aromatic rings. The van der Waals surface area contributed by atoms with E-state index in [2.05, 4.69) is 29.1 Å². The van der Waals surface area contributed by atoms with E-state index in [1.807, 2.05) is 5.38 Å². The number of nitrogens with one attached hydrogen (secondary N) is 1. The molecule has 0 saturated carbocycles. The van der Waals surface area contributed by atoms with Gasteiger partial charge in [-0.15, -0.1) is 11.3 Å². The molecule has 2 N–H and O–H groups in total. The number of carbonyl (C=O) groups is 1. The largest absolute Gasteiger partial charge is 0.390 e. The van der Waals surface area contributed by atoms with Crippen molar-refractivity contribution in [2.24, 2.45) is 0 Å². The highest BCUT2D eigenvalue weighted by atomic mass is 32.1. The molecule has 0 bridgehead atoms. The lowest BCUT2D eigenvalue weighted by atomic mass is 10.2. The van der Waals surface area contributed by atoms with E-state index in [-0.39, 0.29) is 12.5 Å². The molecule has 0 fully saturated rings. The van der Waals surface area contributed by atoms with Gasteiger partial charge in [0.1, 0.15) is 5.01 Å². The van der Waals surface area contributed by atoms with E-state index in [1.54, 1.807) is 23.5 Å². The van der Waals surface area contributed by atoms with Crippen LogP contribution in [0.3, 0.4) is 0 Å². The summed E-state index contributed by atoms with van der Waals surface area (Å²) in [6.45, 7) is 4.47. The Kier molecular flexibility index (Phi) is 4.81. The van der Waals surface area contributed by atoms with Crippen LogP contribution in [-0.2, 0) is 13.2 Å². The topological polar surface area (TPSA) is 75.1 Å². The van der Waals surface area contributed by atoms with Gasteiger partial charge in [0.25, 0.3) is 5.91 Å². The van der Waals surface area contributed by atoms with Crippen LogP contribution in [0.25, 0.3) is 0 Å². The number of amides is 1. The average molecular weight is 291 g/mol. The molecule has 0 aliphatic rings. The minimum Gasteiger partial charge on any atom is -0.390 e. The zero-order valence-corrected chi connectivity index (χ0v) is 12.3. The van der Waals surface area contributed by atoms with Crippen molar-refractivity contribution in [2.45, 2.75) is 32.9 Å². The van der Waals surface area contributed by atoms with Crippen LogP contribution < -0.4 is 5.32 Å². The molecule has 2 aromatic heterocycles. The van der Waals surface area contributed by atoms with Crippen molar-refractivity contribution in [2.75, 3.05) is 0 Å². The Morgan fingerprint density at radius 3 is 2.80 bits per heavy atom. The van der Waals surface area contributed by atoms with Crippen molar-refractivity contribution in [3.05, 3.63) is 45.7 Å². The second kappa shape index (κ2) is 6.58. The van der Waals surface area contributed by atoms with Crippen molar-refractivity contribution in [3.63, 3.8) is 0 Å². The van der Waals surface area contributed by atoms with Crippen LogP contribution in [0.15, 0.2) is 23.7 Å². The van der Waals surface area contributed by atoms with Crippen LogP contribution in [-0.4, -0.2) is 21.0 Å². The van der Waals surface area contributed by atoms with Gasteiger partial charge in [-0.25, -0.2) is 4.98 Å². The summed E-state index contributed by atoms with van der Waals surface area (Å²) in [5, 5.41) is 14.6. The van der Waals surface area contributed by atoms with E-state index in [0.29, 0.717) is 23.7 Å². The maximum Gasteiger partial charge on any atom is 0.253 e. The van der Waals surface area contributed by atoms with E-state index in [4.69, 9.17) is 5.11 Å². The van der Waals surface area contributed by atoms with Gasteiger partial charge < -0.3 is 10.4 Å². The van der Waals surface area contributed by atoms with Crippen molar-refractivity contribution in [1.29, 1.82) is 0 Å². The molecule has 5 nitrogen and oxygen atoms in total. The Labute approximate surface area is 121 Å². The lowest BCUT2D eigenvalue weighted by molar-refractivity contribution is 0.0950. The van der Waals surface area contributed by atoms with Gasteiger partial charge >= 0.3 is 0 Å². The highest BCUT2D eigenvalue weighted by Crippen LogP contribution is 2.17. The average Bonchev–Trinajstić information content (AvgIpc) is 2.94. The lowest BCUT2D eigenvalue weighted by Gasteiger charge is -2.03. The van der Waals surface area contributed by atoms with E-state index >= 15 is 0 Å². The third kappa shape index (κ3) is 3.61. The zero-order chi connectivity index (χ0) is 14.5. The zero-order valence-electron chi connectivity index (χ0n) is 11.5. The summed E-state index contributed by atoms with van der Waals surface area (Å²) in [7, 11) is 0. The minimum atomic E-state index is -0.191. The first-order valence-corrected chi connectivity index (χ1v) is 7.26. The van der Waals surface area contributed by atoms with Gasteiger partial charge in [0.15, 0.2) is 0 Å². The summed E-state index contributed by atoms with van der Waals surface area (Å²) < 4.78 is 0. The molecule has 2 heterocycles. The van der Waals surface area contributed by atoms with Crippen molar-refractivity contribution in [1.82, 2.24) is 15.3 Å². The van der Waals surface area contributed by atoms with E-state index in [1.165, 1.54) is 6.20 Å². The maximum atomic E-state index is 11.9. The van der Waals surface area contributed by atoms with Gasteiger partial charge in [0.2, 0.25) is 0 Å². The summed E-state index contributed by atoms with van der Waals surface area (Å²) in [5.41, 5.74) is 2.07. The highest BCUT2D eigenvalue weighted by Gasteiger charge is 2.09. The van der Waals surface area contributed by atoms with E-state index in [0.717, 1.165) is 10.7 Å². The summed E-state index contributed by atoms with van der Waals surface area (Å²) in [6, 6.07) is 3.28. The first-order chi connectivity index (χ1) is 9.60. The summed E-state index contributed by atoms with van der Waals surface area (Å²) in [4.78, 5) is 20.4. The number of aromatic nitrogens is 2. The molecule has 1 amide bonds. The molecule has 20 heavy (non-hydrogen) atoms. The smallest absolute Gasteiger partial charge is 0.253 e. The fourth-order valence-corrected chi connectivity index (χ4v) is 2.48. The van der Waals surface area contributed by atoms with E-state index < -0.39 is 0 Å². The quantitative estimate of drug-likeness (QED) is 0.884. The molecule has 0 spiro atoms. The van der Waals surface area contributed by atoms with Gasteiger partial charge in [0, 0.05) is 11.6 Å². The van der Waals surface area contributed by atoms with Crippen LogP contribution in [0.5, 0.6) is 0 Å². The molecular weight excluding hydrogens is 274 g/mol. The maximum absolute atomic E-state index is 11.9. The second-order valence-corrected chi connectivity index (χ2v) is 5.64. The molecule has 2 rings (SSSR count). The third-order valence-electron chi connectivity index (χ3n) is 2.81. The van der Waals surface area contributed by atoms with Crippen molar-refractivity contribution in [3.8, 4) is 0 Å². The number of carbonyl (C=O) groups excluding carboxylic acids is 1. The molecule has 0 aromatic carbocycles. The van der Waals surface area contributed by atoms with Gasteiger partial charge in [0.05, 0.1) is 30.1 Å². The summed E-state index contributed by atoms with van der Waals surface area (Å²) in [5.74, 6) is 0.203. The molecule has 0 aliphatic heterocycles. The monoisotopic (exact) mass is 291 g/mol. The Morgan fingerprint density at radius 2 is 2.25 bits per heavy atom. The van der Waals surface area contributed by atoms with Crippen LogP contribution in [0, 0.1) is 0 Å². The van der Waals surface area contributed by atoms with Crippen LogP contribution >= 0.6 is 11.3 Å². The van der Waals surface area contributed by atoms with Crippen LogP contribution in [0.4, 0.5) is 0 Å². The summed E-state index contributed by atoms with van der Waals surface area (Å²) in [6.07, 6.45) is 1.46. The van der Waals surface area contributed by atoms with Gasteiger partial charge in [-0.2, -0.15) is 0 Å². The molecule has 0 radical (unpaired) electrons. The number of rotatable bonds is 5. The first-order valence-electron chi connectivity index (χ1n) is 6.38. The fourth-order valence-electron chi connectivity index (χ4n) is 1.58. The number of hydrogen-bond acceptors (Lipinski definition) is 5. The molecule has 0 saturated heterocycles. The minimum absolute atomic E-state index is 0.126. The van der Waals surface area contributed by atoms with Crippen molar-refractivity contribution < 1.29 is 9.90 Å². The van der Waals surface area contributed by atoms with Crippen molar-refractivity contribution >= 4 is 17.2 Å². The first kappa shape index (κ1) is 14.6. The molecular formula is C14H17N3O2S.